The standard InChI is InChI=1S/C19H20FN5S2/c1-19(2)10-25(5-4-21-19)15-8-14-18(27-15)22-17(26-14)11-6-12-9-24(3)23-16(12)13(20)7-11/h6-9,21H,4-5,10H2,1-3H3. The molecule has 0 radical (unpaired) electrons. The molecule has 27 heavy (non-hydrogen) atoms. The normalized spacial score (nSPS) is 17.3. The van der Waals surface area contributed by atoms with Gasteiger partial charge in [-0.1, -0.05) is 11.3 Å². The van der Waals surface area contributed by atoms with Gasteiger partial charge in [0.25, 0.3) is 0 Å². The second-order valence-corrected chi connectivity index (χ2v) is 9.74. The summed E-state index contributed by atoms with van der Waals surface area (Å²) in [6, 6.07) is 5.73. The summed E-state index contributed by atoms with van der Waals surface area (Å²) >= 11 is 3.34. The Morgan fingerprint density at radius 2 is 2.07 bits per heavy atom. The van der Waals surface area contributed by atoms with Gasteiger partial charge in [-0.05, 0) is 32.0 Å². The molecule has 1 aromatic carbocycles. The SMILES string of the molecule is Cn1cc2cc(-c3nc4sc(N5CCNC(C)(C)C5)cc4s3)cc(F)c2n1. The van der Waals surface area contributed by atoms with E-state index in [9.17, 15) is 4.39 Å². The lowest BCUT2D eigenvalue weighted by Gasteiger charge is -2.39. The summed E-state index contributed by atoms with van der Waals surface area (Å²) in [4.78, 5) is 8.24. The van der Waals surface area contributed by atoms with Crippen LogP contribution in [0.25, 0.3) is 31.0 Å². The Morgan fingerprint density at radius 3 is 2.85 bits per heavy atom. The van der Waals surface area contributed by atoms with E-state index in [0.717, 1.165) is 45.1 Å². The molecule has 1 aliphatic rings. The van der Waals surface area contributed by atoms with E-state index in [4.69, 9.17) is 4.98 Å². The van der Waals surface area contributed by atoms with Crippen LogP contribution in [0.2, 0.25) is 0 Å². The van der Waals surface area contributed by atoms with Gasteiger partial charge in [0.05, 0.1) is 9.70 Å². The van der Waals surface area contributed by atoms with Crippen molar-refractivity contribution in [3.8, 4) is 10.6 Å². The number of aromatic nitrogens is 3. The summed E-state index contributed by atoms with van der Waals surface area (Å²) in [6.07, 6.45) is 1.84. The van der Waals surface area contributed by atoms with Gasteiger partial charge in [0, 0.05) is 49.4 Å². The van der Waals surface area contributed by atoms with Crippen molar-refractivity contribution in [3.05, 3.63) is 30.2 Å². The summed E-state index contributed by atoms with van der Waals surface area (Å²) in [5, 5.41) is 10.6. The number of piperazine rings is 1. The Morgan fingerprint density at radius 1 is 1.22 bits per heavy atom. The first-order valence-corrected chi connectivity index (χ1v) is 10.5. The van der Waals surface area contributed by atoms with Crippen molar-refractivity contribution in [1.82, 2.24) is 20.1 Å². The van der Waals surface area contributed by atoms with Crippen molar-refractivity contribution in [3.63, 3.8) is 0 Å². The maximum Gasteiger partial charge on any atom is 0.152 e. The van der Waals surface area contributed by atoms with Crippen molar-refractivity contribution < 1.29 is 4.39 Å². The maximum absolute atomic E-state index is 14.4. The van der Waals surface area contributed by atoms with E-state index >= 15 is 0 Å². The van der Waals surface area contributed by atoms with Crippen LogP contribution in [0, 0.1) is 5.82 Å². The third kappa shape index (κ3) is 3.01. The summed E-state index contributed by atoms with van der Waals surface area (Å²) in [7, 11) is 1.80. The monoisotopic (exact) mass is 401 g/mol. The van der Waals surface area contributed by atoms with Gasteiger partial charge in [-0.2, -0.15) is 5.10 Å². The van der Waals surface area contributed by atoms with E-state index < -0.39 is 0 Å². The van der Waals surface area contributed by atoms with Gasteiger partial charge in [0.15, 0.2) is 5.82 Å². The molecule has 5 nitrogen and oxygen atoms in total. The Labute approximate surface area is 164 Å². The zero-order valence-electron chi connectivity index (χ0n) is 15.4. The number of aryl methyl sites for hydroxylation is 1. The van der Waals surface area contributed by atoms with Crippen molar-refractivity contribution in [2.24, 2.45) is 7.05 Å². The first-order chi connectivity index (χ1) is 12.9. The summed E-state index contributed by atoms with van der Waals surface area (Å²) < 4.78 is 17.2. The molecule has 4 heterocycles. The molecule has 1 aliphatic heterocycles. The molecule has 0 bridgehead atoms. The summed E-state index contributed by atoms with van der Waals surface area (Å²) in [5.74, 6) is -0.301. The minimum Gasteiger partial charge on any atom is -0.360 e. The predicted octanol–water partition coefficient (Wildman–Crippen LogP) is 4.24. The molecule has 8 heteroatoms. The fourth-order valence-corrected chi connectivity index (χ4v) is 5.89. The highest BCUT2D eigenvalue weighted by Crippen LogP contribution is 2.40. The number of hydrogen-bond donors (Lipinski definition) is 1. The van der Waals surface area contributed by atoms with Crippen molar-refractivity contribution in [1.29, 1.82) is 0 Å². The molecule has 4 aromatic rings. The zero-order valence-corrected chi connectivity index (χ0v) is 17.0. The van der Waals surface area contributed by atoms with Gasteiger partial charge in [0.1, 0.15) is 15.4 Å². The molecule has 0 atom stereocenters. The smallest absolute Gasteiger partial charge is 0.152 e. The largest absolute Gasteiger partial charge is 0.360 e. The second kappa shape index (κ2) is 5.98. The molecule has 0 aliphatic carbocycles. The molecule has 0 saturated carbocycles. The minimum atomic E-state index is -0.301. The van der Waals surface area contributed by atoms with Crippen molar-refractivity contribution in [2.75, 3.05) is 24.5 Å². The molecule has 140 valence electrons. The number of hydrogen-bond acceptors (Lipinski definition) is 6. The average molecular weight is 402 g/mol. The van der Waals surface area contributed by atoms with Gasteiger partial charge in [-0.15, -0.1) is 11.3 Å². The lowest BCUT2D eigenvalue weighted by atomic mass is 10.0. The lowest BCUT2D eigenvalue weighted by Crippen LogP contribution is -2.57. The predicted molar refractivity (Wildman–Crippen MR) is 111 cm³/mol. The van der Waals surface area contributed by atoms with Gasteiger partial charge in [-0.25, -0.2) is 9.37 Å². The molecular formula is C19H20FN5S2. The first-order valence-electron chi connectivity index (χ1n) is 8.92. The van der Waals surface area contributed by atoms with E-state index in [1.165, 1.54) is 11.1 Å². The molecule has 0 amide bonds. The highest BCUT2D eigenvalue weighted by Gasteiger charge is 2.27. The number of benzene rings is 1. The Kier molecular flexibility index (Phi) is 3.79. The fourth-order valence-electron chi connectivity index (χ4n) is 3.67. The van der Waals surface area contributed by atoms with E-state index in [0.29, 0.717) is 5.52 Å². The van der Waals surface area contributed by atoms with Crippen LogP contribution in [0.5, 0.6) is 0 Å². The third-order valence-corrected chi connectivity index (χ3v) is 7.15. The third-order valence-electron chi connectivity index (χ3n) is 4.88. The number of rotatable bonds is 2. The number of halogens is 1. The molecule has 1 saturated heterocycles. The first kappa shape index (κ1) is 17.1. The molecular weight excluding hydrogens is 381 g/mol. The quantitative estimate of drug-likeness (QED) is 0.546. The van der Waals surface area contributed by atoms with E-state index in [1.54, 1.807) is 34.4 Å². The van der Waals surface area contributed by atoms with Crippen LogP contribution in [-0.4, -0.2) is 39.9 Å². The second-order valence-electron chi connectivity index (χ2n) is 7.70. The minimum absolute atomic E-state index is 0.116. The van der Waals surface area contributed by atoms with Crippen LogP contribution in [0.1, 0.15) is 13.8 Å². The van der Waals surface area contributed by atoms with Gasteiger partial charge < -0.3 is 10.2 Å². The molecule has 0 spiro atoms. The molecule has 1 fully saturated rings. The highest BCUT2D eigenvalue weighted by molar-refractivity contribution is 7.30. The van der Waals surface area contributed by atoms with Crippen LogP contribution in [-0.2, 0) is 7.05 Å². The van der Waals surface area contributed by atoms with Gasteiger partial charge in [0.2, 0.25) is 0 Å². The number of nitrogens with zero attached hydrogens (tertiary/aromatic N) is 4. The Balaban J connectivity index is 1.50. The zero-order chi connectivity index (χ0) is 18.8. The Hall–Kier alpha value is -2.03. The van der Waals surface area contributed by atoms with Gasteiger partial charge >= 0.3 is 0 Å². The summed E-state index contributed by atoms with van der Waals surface area (Å²) in [5.41, 5.74) is 1.33. The number of anilines is 1. The fraction of sp³-hybridized carbons (Fsp3) is 0.368. The number of nitrogens with one attached hydrogen (secondary N) is 1. The Bertz CT molecular complexity index is 1120. The van der Waals surface area contributed by atoms with Crippen LogP contribution < -0.4 is 10.2 Å². The molecule has 0 unspecified atom stereocenters. The van der Waals surface area contributed by atoms with Crippen molar-refractivity contribution >= 4 is 48.1 Å². The highest BCUT2D eigenvalue weighted by atomic mass is 32.1. The van der Waals surface area contributed by atoms with E-state index in [-0.39, 0.29) is 11.4 Å². The lowest BCUT2D eigenvalue weighted by molar-refractivity contribution is 0.354. The number of thiazole rings is 1. The molecule has 5 rings (SSSR count). The van der Waals surface area contributed by atoms with Crippen LogP contribution in [0.4, 0.5) is 9.39 Å². The van der Waals surface area contributed by atoms with Crippen LogP contribution in [0.3, 0.4) is 0 Å². The van der Waals surface area contributed by atoms with E-state index in [1.807, 2.05) is 12.3 Å². The maximum atomic E-state index is 14.4. The van der Waals surface area contributed by atoms with Gasteiger partial charge in [-0.3, -0.25) is 4.68 Å². The molecule has 1 N–H and O–H groups in total. The average Bonchev–Trinajstić information content (AvgIpc) is 3.25. The van der Waals surface area contributed by atoms with Crippen molar-refractivity contribution in [2.45, 2.75) is 19.4 Å². The van der Waals surface area contributed by atoms with E-state index in [2.05, 4.69) is 35.2 Å². The number of thiophene rings is 1. The van der Waals surface area contributed by atoms with Crippen LogP contribution in [0.15, 0.2) is 24.4 Å². The van der Waals surface area contributed by atoms with Crippen LogP contribution >= 0.6 is 22.7 Å². The molecule has 3 aromatic heterocycles. The summed E-state index contributed by atoms with van der Waals surface area (Å²) in [6.45, 7) is 7.44. The topological polar surface area (TPSA) is 46.0 Å². The number of fused-ring (bicyclic) bond motifs is 2.